The van der Waals surface area contributed by atoms with Crippen molar-refractivity contribution in [2.75, 3.05) is 5.32 Å². The number of aromatic nitrogens is 4. The molecule has 0 saturated heterocycles. The van der Waals surface area contributed by atoms with E-state index in [0.29, 0.717) is 40.6 Å². The van der Waals surface area contributed by atoms with Crippen molar-refractivity contribution < 1.29 is 13.7 Å². The van der Waals surface area contributed by atoms with Crippen molar-refractivity contribution in [2.45, 2.75) is 12.8 Å². The molecule has 9 nitrogen and oxygen atoms in total. The Hall–Kier alpha value is -3.62. The summed E-state index contributed by atoms with van der Waals surface area (Å²) in [5, 5.41) is 6.57. The molecule has 0 aliphatic heterocycles. The Kier molecular flexibility index (Phi) is 3.65. The van der Waals surface area contributed by atoms with E-state index in [2.05, 4.69) is 25.4 Å². The number of furan rings is 1. The summed E-state index contributed by atoms with van der Waals surface area (Å²) >= 11 is 0. The van der Waals surface area contributed by atoms with E-state index < -0.39 is 0 Å². The van der Waals surface area contributed by atoms with Gasteiger partial charge in [-0.2, -0.15) is 4.98 Å². The number of aryl methyl sites for hydroxylation is 1. The molecule has 1 aromatic carbocycles. The summed E-state index contributed by atoms with van der Waals surface area (Å²) in [6.45, 7) is 0. The van der Waals surface area contributed by atoms with E-state index in [-0.39, 0.29) is 18.0 Å². The largest absolute Gasteiger partial charge is 0.461 e. The van der Waals surface area contributed by atoms with Gasteiger partial charge in [-0.1, -0.05) is 5.16 Å². The first-order valence-electron chi connectivity index (χ1n) is 7.56. The predicted molar refractivity (Wildman–Crippen MR) is 87.9 cm³/mol. The van der Waals surface area contributed by atoms with Crippen LogP contribution in [0.1, 0.15) is 12.3 Å². The molecule has 1 amide bonds. The monoisotopic (exact) mass is 339 g/mol. The lowest BCUT2D eigenvalue weighted by molar-refractivity contribution is -0.116. The third kappa shape index (κ3) is 3.20. The van der Waals surface area contributed by atoms with Gasteiger partial charge < -0.3 is 24.2 Å². The number of nitrogens with zero attached hydrogens (tertiary/aromatic N) is 2. The molecular formula is C16H13N5O4. The first kappa shape index (κ1) is 14.9. The van der Waals surface area contributed by atoms with Crippen LogP contribution in [-0.2, 0) is 11.2 Å². The molecular weight excluding hydrogens is 326 g/mol. The lowest BCUT2D eigenvalue weighted by atomic mass is 10.2. The van der Waals surface area contributed by atoms with Crippen LogP contribution in [0.25, 0.3) is 22.6 Å². The van der Waals surface area contributed by atoms with E-state index >= 15 is 0 Å². The molecule has 0 bridgehead atoms. The standard InChI is InChI=1S/C16H13N5O4/c22-13(17-9-3-4-10-11(8-9)19-16(23)18-10)5-6-14-20-15(21-25-14)12-2-1-7-24-12/h1-4,7-8H,5-6H2,(H,17,22)(H2,18,19,23). The van der Waals surface area contributed by atoms with Gasteiger partial charge in [0.25, 0.3) is 0 Å². The SMILES string of the molecule is O=C(CCc1nc(-c2ccco2)no1)Nc1ccc2[nH]c(=O)[nH]c2c1. The highest BCUT2D eigenvalue weighted by Gasteiger charge is 2.12. The number of aromatic amines is 2. The van der Waals surface area contributed by atoms with E-state index in [1.807, 2.05) is 0 Å². The lowest BCUT2D eigenvalue weighted by Gasteiger charge is -2.03. The van der Waals surface area contributed by atoms with E-state index in [1.165, 1.54) is 6.26 Å². The first-order chi connectivity index (χ1) is 12.2. The summed E-state index contributed by atoms with van der Waals surface area (Å²) in [6, 6.07) is 8.57. The van der Waals surface area contributed by atoms with E-state index in [0.717, 1.165) is 0 Å². The average molecular weight is 339 g/mol. The van der Waals surface area contributed by atoms with Crippen LogP contribution >= 0.6 is 0 Å². The Morgan fingerprint density at radius 3 is 2.92 bits per heavy atom. The van der Waals surface area contributed by atoms with E-state index in [9.17, 15) is 9.59 Å². The molecule has 4 aromatic rings. The van der Waals surface area contributed by atoms with Crippen molar-refractivity contribution >= 4 is 22.6 Å². The minimum atomic E-state index is -0.290. The average Bonchev–Trinajstić information content (AvgIpc) is 3.32. The third-order valence-corrected chi connectivity index (χ3v) is 3.58. The number of benzene rings is 1. The van der Waals surface area contributed by atoms with Crippen molar-refractivity contribution in [3.8, 4) is 11.6 Å². The molecule has 9 heteroatoms. The zero-order valence-electron chi connectivity index (χ0n) is 12.9. The zero-order valence-corrected chi connectivity index (χ0v) is 12.9. The van der Waals surface area contributed by atoms with Crippen LogP contribution < -0.4 is 11.0 Å². The maximum absolute atomic E-state index is 12.1. The number of nitrogens with one attached hydrogen (secondary N) is 3. The van der Waals surface area contributed by atoms with Gasteiger partial charge in [0.15, 0.2) is 5.76 Å². The molecule has 0 aliphatic rings. The van der Waals surface area contributed by atoms with Gasteiger partial charge in [0.1, 0.15) is 0 Å². The number of H-pyrrole nitrogens is 2. The topological polar surface area (TPSA) is 130 Å². The number of hydrogen-bond acceptors (Lipinski definition) is 6. The second kappa shape index (κ2) is 6.11. The number of hydrogen-bond donors (Lipinski definition) is 3. The minimum absolute atomic E-state index is 0.182. The van der Waals surface area contributed by atoms with Crippen molar-refractivity contribution in [3.05, 3.63) is 53.0 Å². The second-order valence-electron chi connectivity index (χ2n) is 5.38. The molecule has 3 aromatic heterocycles. The van der Waals surface area contributed by atoms with Crippen LogP contribution in [0, 0.1) is 0 Å². The number of fused-ring (bicyclic) bond motifs is 1. The quantitative estimate of drug-likeness (QED) is 0.510. The number of amides is 1. The van der Waals surface area contributed by atoms with Crippen molar-refractivity contribution in [1.82, 2.24) is 20.1 Å². The van der Waals surface area contributed by atoms with Crippen LogP contribution in [0.3, 0.4) is 0 Å². The number of carbonyl (C=O) groups is 1. The van der Waals surface area contributed by atoms with E-state index in [1.54, 1.807) is 30.3 Å². The van der Waals surface area contributed by atoms with Gasteiger partial charge in [0, 0.05) is 18.5 Å². The summed E-state index contributed by atoms with van der Waals surface area (Å²) in [5.41, 5.74) is 1.61. The van der Waals surface area contributed by atoms with Gasteiger partial charge in [-0.15, -0.1) is 0 Å². The zero-order chi connectivity index (χ0) is 17.2. The van der Waals surface area contributed by atoms with Gasteiger partial charge in [-0.25, -0.2) is 4.79 Å². The summed E-state index contributed by atoms with van der Waals surface area (Å²) in [7, 11) is 0. The molecule has 0 aliphatic carbocycles. The fraction of sp³-hybridized carbons (Fsp3) is 0.125. The van der Waals surface area contributed by atoms with Crippen molar-refractivity contribution in [3.63, 3.8) is 0 Å². The summed E-state index contributed by atoms with van der Waals surface area (Å²) in [6.07, 6.45) is 2.01. The number of anilines is 1. The Labute approximate surface area is 140 Å². The highest BCUT2D eigenvalue weighted by atomic mass is 16.5. The molecule has 0 fully saturated rings. The highest BCUT2D eigenvalue weighted by Crippen LogP contribution is 2.17. The molecule has 0 radical (unpaired) electrons. The molecule has 0 atom stereocenters. The Morgan fingerprint density at radius 2 is 2.08 bits per heavy atom. The molecule has 0 unspecified atom stereocenters. The molecule has 25 heavy (non-hydrogen) atoms. The van der Waals surface area contributed by atoms with Gasteiger partial charge >= 0.3 is 5.69 Å². The van der Waals surface area contributed by atoms with E-state index in [4.69, 9.17) is 8.94 Å². The first-order valence-corrected chi connectivity index (χ1v) is 7.56. The summed E-state index contributed by atoms with van der Waals surface area (Å²) < 4.78 is 10.3. The predicted octanol–water partition coefficient (Wildman–Crippen LogP) is 2.07. The van der Waals surface area contributed by atoms with Crippen LogP contribution in [-0.4, -0.2) is 26.0 Å². The maximum atomic E-state index is 12.1. The molecule has 0 spiro atoms. The normalized spacial score (nSPS) is 11.0. The molecule has 126 valence electrons. The molecule has 4 rings (SSSR count). The lowest BCUT2D eigenvalue weighted by Crippen LogP contribution is -2.12. The van der Waals surface area contributed by atoms with Crippen molar-refractivity contribution in [1.29, 1.82) is 0 Å². The molecule has 0 saturated carbocycles. The van der Waals surface area contributed by atoms with Crippen LogP contribution in [0.15, 0.2) is 50.3 Å². The van der Waals surface area contributed by atoms with Crippen molar-refractivity contribution in [2.24, 2.45) is 0 Å². The van der Waals surface area contributed by atoms with Crippen LogP contribution in [0.4, 0.5) is 5.69 Å². The highest BCUT2D eigenvalue weighted by molar-refractivity contribution is 5.93. The summed E-state index contributed by atoms with van der Waals surface area (Å²) in [4.78, 5) is 32.8. The number of carbonyl (C=O) groups excluding carboxylic acids is 1. The fourth-order valence-electron chi connectivity index (χ4n) is 2.42. The summed E-state index contributed by atoms with van der Waals surface area (Å²) in [5.74, 6) is 1.01. The number of rotatable bonds is 5. The fourth-order valence-corrected chi connectivity index (χ4v) is 2.42. The Morgan fingerprint density at radius 1 is 1.20 bits per heavy atom. The second-order valence-corrected chi connectivity index (χ2v) is 5.38. The Bertz CT molecular complexity index is 1070. The maximum Gasteiger partial charge on any atom is 0.323 e. The van der Waals surface area contributed by atoms with Gasteiger partial charge in [-0.05, 0) is 30.3 Å². The third-order valence-electron chi connectivity index (χ3n) is 3.58. The van der Waals surface area contributed by atoms with Gasteiger partial charge in [-0.3, -0.25) is 4.79 Å². The minimum Gasteiger partial charge on any atom is -0.461 e. The molecule has 3 N–H and O–H groups in total. The molecule has 3 heterocycles. The van der Waals surface area contributed by atoms with Crippen LogP contribution in [0.5, 0.6) is 0 Å². The van der Waals surface area contributed by atoms with Gasteiger partial charge in [0.2, 0.25) is 17.6 Å². The smallest absolute Gasteiger partial charge is 0.323 e. The Balaban J connectivity index is 1.37. The van der Waals surface area contributed by atoms with Crippen LogP contribution in [0.2, 0.25) is 0 Å². The van der Waals surface area contributed by atoms with Gasteiger partial charge in [0.05, 0.1) is 17.3 Å². The number of imidazole rings is 1.